The number of hydrogen-bond acceptors (Lipinski definition) is 2. The molecular formula is C14H21FN2O2. The Morgan fingerprint density at radius 3 is 2.58 bits per heavy atom. The number of primary amides is 1. The van der Waals surface area contributed by atoms with E-state index in [1.54, 1.807) is 4.90 Å². The van der Waals surface area contributed by atoms with Gasteiger partial charge in [0.15, 0.2) is 0 Å². The van der Waals surface area contributed by atoms with Gasteiger partial charge in [0.1, 0.15) is 0 Å². The Morgan fingerprint density at radius 2 is 2.05 bits per heavy atom. The fourth-order valence-electron chi connectivity index (χ4n) is 4.08. The largest absolute Gasteiger partial charge is 0.369 e. The van der Waals surface area contributed by atoms with Gasteiger partial charge in [-0.2, -0.15) is 0 Å². The van der Waals surface area contributed by atoms with Gasteiger partial charge in [-0.05, 0) is 38.0 Å². The van der Waals surface area contributed by atoms with Crippen molar-refractivity contribution in [2.45, 2.75) is 38.5 Å². The van der Waals surface area contributed by atoms with E-state index in [0.29, 0.717) is 19.5 Å². The van der Waals surface area contributed by atoms with E-state index in [0.717, 1.165) is 32.1 Å². The van der Waals surface area contributed by atoms with Crippen LogP contribution in [0, 0.1) is 16.7 Å². The average molecular weight is 268 g/mol. The Bertz CT molecular complexity index is 422. The second-order valence-corrected chi connectivity index (χ2v) is 6.51. The summed E-state index contributed by atoms with van der Waals surface area (Å²) in [6, 6.07) is 0. The van der Waals surface area contributed by atoms with Gasteiger partial charge >= 0.3 is 0 Å². The van der Waals surface area contributed by atoms with Crippen LogP contribution in [0.3, 0.4) is 0 Å². The first-order chi connectivity index (χ1) is 9.04. The van der Waals surface area contributed by atoms with Crippen LogP contribution in [0.1, 0.15) is 38.5 Å². The third-order valence-electron chi connectivity index (χ3n) is 5.53. The van der Waals surface area contributed by atoms with Crippen molar-refractivity contribution in [3.8, 4) is 0 Å². The lowest BCUT2D eigenvalue weighted by molar-refractivity contribution is -0.137. The van der Waals surface area contributed by atoms with E-state index in [1.165, 1.54) is 0 Å². The molecule has 2 N–H and O–H groups in total. The number of amides is 2. The monoisotopic (exact) mass is 268 g/mol. The van der Waals surface area contributed by atoms with Crippen molar-refractivity contribution < 1.29 is 14.0 Å². The molecule has 5 heteroatoms. The second-order valence-electron chi connectivity index (χ2n) is 6.51. The zero-order valence-corrected chi connectivity index (χ0v) is 11.2. The molecule has 0 aromatic heterocycles. The molecule has 0 bridgehead atoms. The van der Waals surface area contributed by atoms with Crippen molar-refractivity contribution in [1.29, 1.82) is 0 Å². The number of hydrogen-bond donors (Lipinski definition) is 1. The van der Waals surface area contributed by atoms with Gasteiger partial charge in [0, 0.05) is 13.1 Å². The van der Waals surface area contributed by atoms with E-state index < -0.39 is 17.5 Å². The molecule has 1 heterocycles. The highest BCUT2D eigenvalue weighted by atomic mass is 19.1. The van der Waals surface area contributed by atoms with Crippen LogP contribution in [0.4, 0.5) is 4.39 Å². The summed E-state index contributed by atoms with van der Waals surface area (Å²) in [5, 5.41) is 0. The number of halogens is 1. The molecule has 19 heavy (non-hydrogen) atoms. The zero-order valence-electron chi connectivity index (χ0n) is 11.2. The third kappa shape index (κ3) is 1.77. The van der Waals surface area contributed by atoms with Gasteiger partial charge in [-0.15, -0.1) is 0 Å². The third-order valence-corrected chi connectivity index (χ3v) is 5.53. The van der Waals surface area contributed by atoms with Crippen LogP contribution >= 0.6 is 0 Å². The van der Waals surface area contributed by atoms with Crippen LogP contribution in [0.25, 0.3) is 0 Å². The van der Waals surface area contributed by atoms with Crippen molar-refractivity contribution in [2.24, 2.45) is 22.5 Å². The van der Waals surface area contributed by atoms with Crippen LogP contribution in [0.5, 0.6) is 0 Å². The quantitative estimate of drug-likeness (QED) is 0.833. The SMILES string of the molecule is NC(=O)[C@]12CCC[C@H]1CN(C(=O)C1(CCF)CC1)C2. The summed E-state index contributed by atoms with van der Waals surface area (Å²) < 4.78 is 12.6. The normalized spacial score (nSPS) is 35.2. The minimum atomic E-state index is -0.499. The highest BCUT2D eigenvalue weighted by Gasteiger charge is 2.58. The van der Waals surface area contributed by atoms with Crippen molar-refractivity contribution in [3.63, 3.8) is 0 Å². The minimum absolute atomic E-state index is 0.0557. The molecule has 0 spiro atoms. The summed E-state index contributed by atoms with van der Waals surface area (Å²) in [7, 11) is 0. The molecule has 0 unspecified atom stereocenters. The van der Waals surface area contributed by atoms with Crippen molar-refractivity contribution in [2.75, 3.05) is 19.8 Å². The molecule has 1 aliphatic heterocycles. The highest BCUT2D eigenvalue weighted by molar-refractivity contribution is 5.88. The Hall–Kier alpha value is -1.13. The molecule has 3 aliphatic rings. The molecule has 2 aliphatic carbocycles. The van der Waals surface area contributed by atoms with E-state index >= 15 is 0 Å². The minimum Gasteiger partial charge on any atom is -0.369 e. The van der Waals surface area contributed by atoms with Crippen LogP contribution in [0.15, 0.2) is 0 Å². The lowest BCUT2D eigenvalue weighted by atomic mass is 9.80. The number of carbonyl (C=O) groups is 2. The highest BCUT2D eigenvalue weighted by Crippen LogP contribution is 2.54. The Balaban J connectivity index is 1.76. The lowest BCUT2D eigenvalue weighted by Gasteiger charge is -2.26. The lowest BCUT2D eigenvalue weighted by Crippen LogP contribution is -2.43. The summed E-state index contributed by atoms with van der Waals surface area (Å²) in [6.45, 7) is 0.652. The maximum absolute atomic E-state index is 12.6. The fraction of sp³-hybridized carbons (Fsp3) is 0.857. The Morgan fingerprint density at radius 1 is 1.32 bits per heavy atom. The molecule has 2 amide bonds. The summed E-state index contributed by atoms with van der Waals surface area (Å²) in [5.74, 6) is 0.0101. The van der Waals surface area contributed by atoms with Crippen LogP contribution in [-0.4, -0.2) is 36.5 Å². The first-order valence-electron chi connectivity index (χ1n) is 7.19. The van der Waals surface area contributed by atoms with Gasteiger partial charge in [0.05, 0.1) is 17.5 Å². The zero-order chi connectivity index (χ0) is 13.7. The molecule has 106 valence electrons. The topological polar surface area (TPSA) is 63.4 Å². The maximum atomic E-state index is 12.6. The van der Waals surface area contributed by atoms with Crippen LogP contribution in [-0.2, 0) is 9.59 Å². The molecule has 3 rings (SSSR count). The van der Waals surface area contributed by atoms with E-state index in [2.05, 4.69) is 0 Å². The van der Waals surface area contributed by atoms with Gasteiger partial charge in [-0.25, -0.2) is 0 Å². The predicted molar refractivity (Wildman–Crippen MR) is 67.8 cm³/mol. The van der Waals surface area contributed by atoms with Crippen LogP contribution in [0.2, 0.25) is 0 Å². The Labute approximate surface area is 112 Å². The summed E-state index contributed by atoms with van der Waals surface area (Å²) >= 11 is 0. The number of carbonyl (C=O) groups excluding carboxylic acids is 2. The van der Waals surface area contributed by atoms with Crippen molar-refractivity contribution >= 4 is 11.8 Å². The van der Waals surface area contributed by atoms with E-state index in [9.17, 15) is 14.0 Å². The fourth-order valence-corrected chi connectivity index (χ4v) is 4.08. The molecule has 3 fully saturated rings. The molecule has 4 nitrogen and oxygen atoms in total. The second kappa shape index (κ2) is 4.18. The van der Waals surface area contributed by atoms with Gasteiger partial charge in [-0.1, -0.05) is 6.42 Å². The molecule has 0 aromatic carbocycles. The average Bonchev–Trinajstić information content (AvgIpc) is 2.87. The standard InChI is InChI=1S/C14H21FN2O2/c15-7-6-13(4-5-13)12(19)17-8-10-2-1-3-14(10,9-17)11(16)18/h10H,1-9H2,(H2,16,18)/t10-,14-/m0/s1. The van der Waals surface area contributed by atoms with Gasteiger partial charge in [0.2, 0.25) is 11.8 Å². The first-order valence-corrected chi connectivity index (χ1v) is 7.19. The number of fused-ring (bicyclic) bond motifs is 1. The number of nitrogens with two attached hydrogens (primary N) is 1. The smallest absolute Gasteiger partial charge is 0.228 e. The van der Waals surface area contributed by atoms with Gasteiger partial charge in [-0.3, -0.25) is 14.0 Å². The Kier molecular flexibility index (Phi) is 2.84. The van der Waals surface area contributed by atoms with E-state index in [4.69, 9.17) is 5.73 Å². The van der Waals surface area contributed by atoms with Gasteiger partial charge < -0.3 is 10.6 Å². The van der Waals surface area contributed by atoms with E-state index in [-0.39, 0.29) is 17.7 Å². The maximum Gasteiger partial charge on any atom is 0.228 e. The predicted octanol–water partition coefficient (Wildman–Crippen LogP) is 1.24. The number of nitrogens with zero attached hydrogens (tertiary/aromatic N) is 1. The number of likely N-dealkylation sites (tertiary alicyclic amines) is 1. The summed E-state index contributed by atoms with van der Waals surface area (Å²) in [6.07, 6.45) is 4.71. The summed E-state index contributed by atoms with van der Waals surface area (Å²) in [4.78, 5) is 26.1. The summed E-state index contributed by atoms with van der Waals surface area (Å²) in [5.41, 5.74) is 4.63. The molecule has 2 atom stereocenters. The van der Waals surface area contributed by atoms with E-state index in [1.807, 2.05) is 0 Å². The molecule has 0 radical (unpaired) electrons. The molecule has 0 aromatic rings. The molecule has 1 saturated heterocycles. The molecular weight excluding hydrogens is 247 g/mol. The molecule has 2 saturated carbocycles. The first kappa shape index (κ1) is 12.9. The van der Waals surface area contributed by atoms with Gasteiger partial charge in [0.25, 0.3) is 0 Å². The van der Waals surface area contributed by atoms with Crippen LogP contribution < -0.4 is 5.73 Å². The number of rotatable bonds is 4. The number of alkyl halides is 1. The van der Waals surface area contributed by atoms with Crippen molar-refractivity contribution in [3.05, 3.63) is 0 Å². The van der Waals surface area contributed by atoms with Crippen molar-refractivity contribution in [1.82, 2.24) is 4.90 Å².